The van der Waals surface area contributed by atoms with E-state index in [0.29, 0.717) is 16.0 Å². The van der Waals surface area contributed by atoms with Crippen LogP contribution in [0.3, 0.4) is 0 Å². The van der Waals surface area contributed by atoms with Crippen LogP contribution in [0.2, 0.25) is 0 Å². The topological polar surface area (TPSA) is 121 Å². The van der Waals surface area contributed by atoms with Crippen LogP contribution in [0.25, 0.3) is 10.2 Å². The second-order valence-corrected chi connectivity index (χ2v) is 8.79. The van der Waals surface area contributed by atoms with E-state index < -0.39 is 26.4 Å². The maximum atomic E-state index is 12.4. The highest BCUT2D eigenvalue weighted by Gasteiger charge is 2.19. The largest absolute Gasteiger partial charge is 0.497 e. The van der Waals surface area contributed by atoms with Crippen molar-refractivity contribution in [2.75, 3.05) is 12.9 Å². The number of fused-ring (bicyclic) bond motifs is 1. The van der Waals surface area contributed by atoms with Crippen molar-refractivity contribution in [3.05, 3.63) is 57.4 Å². The molecule has 0 aliphatic carbocycles. The molecule has 3 rings (SSSR count). The molecule has 1 amide bonds. The van der Waals surface area contributed by atoms with Gasteiger partial charge in [-0.05, 0) is 30.3 Å². The van der Waals surface area contributed by atoms with Crippen LogP contribution >= 0.6 is 11.3 Å². The zero-order valence-corrected chi connectivity index (χ0v) is 16.5. The molecule has 0 bridgehead atoms. The maximum Gasteiger partial charge on any atom is 0.271 e. The van der Waals surface area contributed by atoms with Gasteiger partial charge in [-0.15, -0.1) is 0 Å². The van der Waals surface area contributed by atoms with Crippen LogP contribution in [-0.4, -0.2) is 36.7 Å². The number of aryl methyl sites for hydroxylation is 1. The first-order valence-corrected chi connectivity index (χ1v) is 10.4. The third-order valence-electron chi connectivity index (χ3n) is 3.96. The van der Waals surface area contributed by atoms with E-state index >= 15 is 0 Å². The number of benzene rings is 2. The van der Waals surface area contributed by atoms with E-state index in [2.05, 4.69) is 4.99 Å². The molecule has 0 aliphatic rings. The van der Waals surface area contributed by atoms with Crippen molar-refractivity contribution in [1.29, 1.82) is 0 Å². The number of carbonyl (C=O) groups excluding carboxylic acids is 1. The van der Waals surface area contributed by atoms with E-state index in [4.69, 9.17) is 4.74 Å². The van der Waals surface area contributed by atoms with E-state index in [-0.39, 0.29) is 15.4 Å². The predicted octanol–water partition coefficient (Wildman–Crippen LogP) is 2.06. The SMILES string of the molecule is COc1ccc(S(=O)(=O)CC(=O)N=c2sc3ccc([N+](=O)[O-])cc3n2C)cc1. The molecule has 0 saturated carbocycles. The van der Waals surface area contributed by atoms with E-state index in [1.165, 1.54) is 48.1 Å². The Balaban J connectivity index is 1.91. The molecule has 2 aromatic carbocycles. The summed E-state index contributed by atoms with van der Waals surface area (Å²) in [4.78, 5) is 26.8. The Morgan fingerprint density at radius 1 is 1.25 bits per heavy atom. The molecule has 0 aliphatic heterocycles. The predicted molar refractivity (Wildman–Crippen MR) is 103 cm³/mol. The minimum Gasteiger partial charge on any atom is -0.497 e. The van der Waals surface area contributed by atoms with Gasteiger partial charge in [-0.2, -0.15) is 4.99 Å². The van der Waals surface area contributed by atoms with E-state index in [1.54, 1.807) is 13.1 Å². The Labute approximate surface area is 163 Å². The van der Waals surface area contributed by atoms with Gasteiger partial charge < -0.3 is 9.30 Å². The van der Waals surface area contributed by atoms with Gasteiger partial charge >= 0.3 is 0 Å². The normalized spacial score (nSPS) is 12.3. The lowest BCUT2D eigenvalue weighted by Gasteiger charge is -2.03. The van der Waals surface area contributed by atoms with Crippen molar-refractivity contribution in [2.45, 2.75) is 4.90 Å². The average Bonchev–Trinajstić information content (AvgIpc) is 2.96. The van der Waals surface area contributed by atoms with Crippen LogP contribution in [0.1, 0.15) is 0 Å². The van der Waals surface area contributed by atoms with Crippen molar-refractivity contribution in [1.82, 2.24) is 4.57 Å². The van der Waals surface area contributed by atoms with Gasteiger partial charge in [0.1, 0.15) is 11.5 Å². The van der Waals surface area contributed by atoms with Crippen LogP contribution in [0.5, 0.6) is 5.75 Å². The minimum absolute atomic E-state index is 0.00631. The molecule has 146 valence electrons. The Bertz CT molecular complexity index is 1240. The van der Waals surface area contributed by atoms with Crippen molar-refractivity contribution >= 4 is 43.0 Å². The van der Waals surface area contributed by atoms with Crippen molar-refractivity contribution in [2.24, 2.45) is 12.0 Å². The van der Waals surface area contributed by atoms with Crippen molar-refractivity contribution in [3.63, 3.8) is 0 Å². The molecule has 3 aromatic rings. The number of hydrogen-bond acceptors (Lipinski definition) is 7. The second kappa shape index (κ2) is 7.52. The van der Waals surface area contributed by atoms with E-state index in [1.807, 2.05) is 0 Å². The molecular formula is C17H15N3O6S2. The molecule has 28 heavy (non-hydrogen) atoms. The summed E-state index contributed by atoms with van der Waals surface area (Å²) in [5.41, 5.74) is 0.449. The van der Waals surface area contributed by atoms with Gasteiger partial charge in [0.05, 0.1) is 27.1 Å². The highest BCUT2D eigenvalue weighted by atomic mass is 32.2. The highest BCUT2D eigenvalue weighted by molar-refractivity contribution is 7.92. The number of nitro benzene ring substituents is 1. The van der Waals surface area contributed by atoms with E-state index in [9.17, 15) is 23.3 Å². The van der Waals surface area contributed by atoms with Gasteiger partial charge in [0, 0.05) is 19.2 Å². The summed E-state index contributed by atoms with van der Waals surface area (Å²) in [6.07, 6.45) is 0. The summed E-state index contributed by atoms with van der Waals surface area (Å²) in [5, 5.41) is 10.9. The standard InChI is InChI=1S/C17H15N3O6S2/c1-19-14-9-11(20(22)23)3-8-15(14)27-17(19)18-16(21)10-28(24,25)13-6-4-12(26-2)5-7-13/h3-9H,10H2,1-2H3. The molecule has 9 nitrogen and oxygen atoms in total. The van der Waals surface area contributed by atoms with Crippen LogP contribution in [-0.2, 0) is 21.7 Å². The smallest absolute Gasteiger partial charge is 0.271 e. The van der Waals surface area contributed by atoms with Crippen molar-refractivity contribution < 1.29 is 22.9 Å². The third-order valence-corrected chi connectivity index (χ3v) is 6.69. The lowest BCUT2D eigenvalue weighted by atomic mass is 10.3. The Morgan fingerprint density at radius 3 is 2.54 bits per heavy atom. The zero-order chi connectivity index (χ0) is 20.5. The number of nitro groups is 1. The third kappa shape index (κ3) is 3.94. The monoisotopic (exact) mass is 421 g/mol. The number of methoxy groups -OCH3 is 1. The summed E-state index contributed by atoms with van der Waals surface area (Å²) in [6.45, 7) is 0. The van der Waals surface area contributed by atoms with Gasteiger partial charge in [0.25, 0.3) is 11.6 Å². The Morgan fingerprint density at radius 2 is 1.93 bits per heavy atom. The molecule has 0 unspecified atom stereocenters. The van der Waals surface area contributed by atoms with Crippen LogP contribution in [0.4, 0.5) is 5.69 Å². The second-order valence-electron chi connectivity index (χ2n) is 5.79. The number of aromatic nitrogens is 1. The van der Waals surface area contributed by atoms with E-state index in [0.717, 1.165) is 11.3 Å². The molecule has 0 fully saturated rings. The molecule has 11 heteroatoms. The van der Waals surface area contributed by atoms with Crippen LogP contribution in [0, 0.1) is 10.1 Å². The number of nitrogens with zero attached hydrogens (tertiary/aromatic N) is 3. The number of rotatable bonds is 5. The maximum absolute atomic E-state index is 12.4. The van der Waals surface area contributed by atoms with Crippen LogP contribution < -0.4 is 9.54 Å². The lowest BCUT2D eigenvalue weighted by molar-refractivity contribution is -0.384. The quantitative estimate of drug-likeness (QED) is 0.459. The summed E-state index contributed by atoms with van der Waals surface area (Å²) in [5.74, 6) is -1.11. The molecule has 0 atom stereocenters. The molecule has 1 aromatic heterocycles. The fourth-order valence-corrected chi connectivity index (χ4v) is 4.63. The first kappa shape index (κ1) is 19.7. The van der Waals surface area contributed by atoms with Gasteiger partial charge in [0.15, 0.2) is 14.6 Å². The molecule has 1 heterocycles. The lowest BCUT2D eigenvalue weighted by Crippen LogP contribution is -2.19. The first-order chi connectivity index (χ1) is 13.2. The number of amides is 1. The summed E-state index contributed by atoms with van der Waals surface area (Å²) in [7, 11) is -0.791. The fraction of sp³-hybridized carbons (Fsp3) is 0.176. The van der Waals surface area contributed by atoms with Gasteiger partial charge in [-0.3, -0.25) is 14.9 Å². The van der Waals surface area contributed by atoms with Crippen LogP contribution in [0.15, 0.2) is 52.4 Å². The molecular weight excluding hydrogens is 406 g/mol. The average molecular weight is 421 g/mol. The Kier molecular flexibility index (Phi) is 5.29. The van der Waals surface area contributed by atoms with Gasteiger partial charge in [0.2, 0.25) is 0 Å². The number of sulfone groups is 1. The first-order valence-electron chi connectivity index (χ1n) is 7.89. The fourth-order valence-electron chi connectivity index (χ4n) is 2.50. The highest BCUT2D eigenvalue weighted by Crippen LogP contribution is 2.22. The van der Waals surface area contributed by atoms with Gasteiger partial charge in [-0.25, -0.2) is 8.42 Å². The Hall–Kier alpha value is -3.05. The molecule has 0 N–H and O–H groups in total. The molecule has 0 radical (unpaired) electrons. The molecule has 0 saturated heterocycles. The summed E-state index contributed by atoms with van der Waals surface area (Å²) >= 11 is 1.14. The number of thiazole rings is 1. The minimum atomic E-state index is -3.86. The zero-order valence-electron chi connectivity index (χ0n) is 14.9. The van der Waals surface area contributed by atoms with Gasteiger partial charge in [-0.1, -0.05) is 11.3 Å². The number of hydrogen-bond donors (Lipinski definition) is 0. The number of ether oxygens (including phenoxy) is 1. The summed E-state index contributed by atoms with van der Waals surface area (Å²) in [6, 6.07) is 10.0. The molecule has 0 spiro atoms. The van der Waals surface area contributed by atoms with Crippen molar-refractivity contribution in [3.8, 4) is 5.75 Å². The summed E-state index contributed by atoms with van der Waals surface area (Å²) < 4.78 is 32.0. The number of carbonyl (C=O) groups is 1. The number of non-ortho nitro benzene ring substituents is 1.